The van der Waals surface area contributed by atoms with Crippen molar-refractivity contribution in [3.05, 3.63) is 45.0 Å². The highest BCUT2D eigenvalue weighted by Crippen LogP contribution is 2.22. The summed E-state index contributed by atoms with van der Waals surface area (Å²) in [5.41, 5.74) is 0.384. The SMILES string of the molecule is Cc1ccc(/C=C/C(=O)O[C@@H](C)C(=O)Nc2sccc2C#N)s1. The van der Waals surface area contributed by atoms with E-state index in [9.17, 15) is 9.59 Å². The molecule has 1 atom stereocenters. The van der Waals surface area contributed by atoms with E-state index in [0.29, 0.717) is 10.6 Å². The Hall–Kier alpha value is -2.43. The molecule has 0 radical (unpaired) electrons. The molecule has 2 aromatic rings. The molecule has 0 saturated carbocycles. The summed E-state index contributed by atoms with van der Waals surface area (Å²) in [5.74, 6) is -1.07. The third-order valence-corrected chi connectivity index (χ3v) is 4.63. The normalized spacial score (nSPS) is 11.9. The van der Waals surface area contributed by atoms with Crippen LogP contribution in [0.1, 0.15) is 22.2 Å². The molecule has 0 aliphatic carbocycles. The lowest BCUT2D eigenvalue weighted by Crippen LogP contribution is -2.29. The molecule has 0 aromatic carbocycles. The van der Waals surface area contributed by atoms with Crippen LogP contribution < -0.4 is 5.32 Å². The fraction of sp³-hybridized carbons (Fsp3) is 0.188. The first-order chi connectivity index (χ1) is 11.0. The van der Waals surface area contributed by atoms with E-state index < -0.39 is 18.0 Å². The average molecular weight is 346 g/mol. The lowest BCUT2D eigenvalue weighted by atomic mass is 10.3. The first-order valence-corrected chi connectivity index (χ1v) is 8.43. The maximum Gasteiger partial charge on any atom is 0.331 e. The summed E-state index contributed by atoms with van der Waals surface area (Å²) in [7, 11) is 0. The molecule has 0 saturated heterocycles. The largest absolute Gasteiger partial charge is 0.449 e. The number of ether oxygens (including phenoxy) is 1. The third kappa shape index (κ3) is 4.77. The van der Waals surface area contributed by atoms with Gasteiger partial charge in [-0.25, -0.2) is 4.79 Å². The van der Waals surface area contributed by atoms with E-state index in [-0.39, 0.29) is 0 Å². The number of amides is 1. The molecule has 1 amide bonds. The Balaban J connectivity index is 1.89. The lowest BCUT2D eigenvalue weighted by Gasteiger charge is -2.11. The minimum atomic E-state index is -0.953. The summed E-state index contributed by atoms with van der Waals surface area (Å²) in [5, 5.41) is 13.6. The van der Waals surface area contributed by atoms with Gasteiger partial charge in [-0.1, -0.05) is 0 Å². The van der Waals surface area contributed by atoms with Gasteiger partial charge in [-0.05, 0) is 43.5 Å². The van der Waals surface area contributed by atoms with Crippen molar-refractivity contribution in [3.8, 4) is 6.07 Å². The predicted molar refractivity (Wildman–Crippen MR) is 91.3 cm³/mol. The number of carbonyl (C=O) groups excluding carboxylic acids is 2. The van der Waals surface area contributed by atoms with Gasteiger partial charge in [-0.15, -0.1) is 22.7 Å². The topological polar surface area (TPSA) is 79.2 Å². The number of carbonyl (C=O) groups is 2. The van der Waals surface area contributed by atoms with Gasteiger partial charge in [0.15, 0.2) is 6.10 Å². The Morgan fingerprint density at radius 2 is 2.17 bits per heavy atom. The first-order valence-electron chi connectivity index (χ1n) is 6.73. The number of nitriles is 1. The molecule has 7 heteroatoms. The van der Waals surface area contributed by atoms with Crippen molar-refractivity contribution in [2.24, 2.45) is 0 Å². The van der Waals surface area contributed by atoms with Gasteiger partial charge in [0.25, 0.3) is 5.91 Å². The monoisotopic (exact) mass is 346 g/mol. The van der Waals surface area contributed by atoms with Crippen molar-refractivity contribution < 1.29 is 14.3 Å². The molecule has 2 aromatic heterocycles. The van der Waals surface area contributed by atoms with Crippen LogP contribution in [-0.2, 0) is 14.3 Å². The van der Waals surface area contributed by atoms with E-state index in [1.165, 1.54) is 24.3 Å². The van der Waals surface area contributed by atoms with Crippen LogP contribution in [0.2, 0.25) is 0 Å². The smallest absolute Gasteiger partial charge is 0.331 e. The summed E-state index contributed by atoms with van der Waals surface area (Å²) < 4.78 is 5.05. The number of rotatable bonds is 5. The Bertz CT molecular complexity index is 783. The molecule has 5 nitrogen and oxygen atoms in total. The second kappa shape index (κ2) is 7.72. The van der Waals surface area contributed by atoms with E-state index in [2.05, 4.69) is 5.32 Å². The second-order valence-corrected chi connectivity index (χ2v) is 6.86. The highest BCUT2D eigenvalue weighted by molar-refractivity contribution is 7.14. The second-order valence-electron chi connectivity index (χ2n) is 4.63. The van der Waals surface area contributed by atoms with E-state index in [1.807, 2.05) is 25.1 Å². The van der Waals surface area contributed by atoms with E-state index in [4.69, 9.17) is 10.00 Å². The number of anilines is 1. The van der Waals surface area contributed by atoms with Crippen LogP contribution in [0.3, 0.4) is 0 Å². The van der Waals surface area contributed by atoms with Crippen molar-refractivity contribution in [3.63, 3.8) is 0 Å². The number of esters is 1. The Kier molecular flexibility index (Phi) is 5.68. The number of nitrogens with zero attached hydrogens (tertiary/aromatic N) is 1. The first kappa shape index (κ1) is 16.9. The van der Waals surface area contributed by atoms with Gasteiger partial charge in [-0.3, -0.25) is 4.79 Å². The fourth-order valence-corrected chi connectivity index (χ4v) is 3.19. The molecule has 0 unspecified atom stereocenters. The van der Waals surface area contributed by atoms with Crippen LogP contribution in [0.15, 0.2) is 29.7 Å². The maximum atomic E-state index is 12.0. The quantitative estimate of drug-likeness (QED) is 0.663. The zero-order valence-corrected chi connectivity index (χ0v) is 14.2. The van der Waals surface area contributed by atoms with Crippen LogP contribution in [0.25, 0.3) is 6.08 Å². The molecular weight excluding hydrogens is 332 g/mol. The molecule has 2 heterocycles. The zero-order valence-electron chi connectivity index (χ0n) is 12.5. The van der Waals surface area contributed by atoms with Gasteiger partial charge < -0.3 is 10.1 Å². The molecule has 1 N–H and O–H groups in total. The predicted octanol–water partition coefficient (Wildman–Crippen LogP) is 3.57. The molecular formula is C16H14N2O3S2. The molecule has 2 rings (SSSR count). The molecule has 0 bridgehead atoms. The molecule has 0 spiro atoms. The summed E-state index contributed by atoms with van der Waals surface area (Å²) >= 11 is 2.80. The molecule has 0 aliphatic rings. The molecule has 23 heavy (non-hydrogen) atoms. The molecule has 118 valence electrons. The maximum absolute atomic E-state index is 12.0. The van der Waals surface area contributed by atoms with Crippen LogP contribution in [-0.4, -0.2) is 18.0 Å². The van der Waals surface area contributed by atoms with Crippen molar-refractivity contribution in [2.75, 3.05) is 5.32 Å². The van der Waals surface area contributed by atoms with Gasteiger partial charge in [0.2, 0.25) is 0 Å². The van der Waals surface area contributed by atoms with Crippen molar-refractivity contribution in [1.82, 2.24) is 0 Å². The lowest BCUT2D eigenvalue weighted by molar-refractivity contribution is -0.148. The minimum Gasteiger partial charge on any atom is -0.449 e. The highest BCUT2D eigenvalue weighted by atomic mass is 32.1. The van der Waals surface area contributed by atoms with Crippen molar-refractivity contribution >= 4 is 45.6 Å². The van der Waals surface area contributed by atoms with Crippen LogP contribution in [0.4, 0.5) is 5.00 Å². The van der Waals surface area contributed by atoms with Crippen LogP contribution >= 0.6 is 22.7 Å². The number of hydrogen-bond acceptors (Lipinski definition) is 6. The third-order valence-electron chi connectivity index (χ3n) is 2.83. The highest BCUT2D eigenvalue weighted by Gasteiger charge is 2.18. The summed E-state index contributed by atoms with van der Waals surface area (Å²) in [4.78, 5) is 25.8. The Morgan fingerprint density at radius 3 is 2.83 bits per heavy atom. The van der Waals surface area contributed by atoms with E-state index >= 15 is 0 Å². The minimum absolute atomic E-state index is 0.384. The van der Waals surface area contributed by atoms with Gasteiger partial charge in [0.1, 0.15) is 11.1 Å². The summed E-state index contributed by atoms with van der Waals surface area (Å²) in [6.07, 6.45) is 1.99. The summed E-state index contributed by atoms with van der Waals surface area (Å²) in [6.45, 7) is 3.46. The van der Waals surface area contributed by atoms with Gasteiger partial charge in [0.05, 0.1) is 5.56 Å². The van der Waals surface area contributed by atoms with Gasteiger partial charge in [0, 0.05) is 15.8 Å². The number of aryl methyl sites for hydroxylation is 1. The Labute approximate surface area is 141 Å². The van der Waals surface area contributed by atoms with Crippen molar-refractivity contribution in [1.29, 1.82) is 5.26 Å². The van der Waals surface area contributed by atoms with E-state index in [1.54, 1.807) is 28.9 Å². The van der Waals surface area contributed by atoms with Gasteiger partial charge in [-0.2, -0.15) is 5.26 Å². The van der Waals surface area contributed by atoms with Crippen LogP contribution in [0.5, 0.6) is 0 Å². The number of nitrogens with one attached hydrogen (secondary N) is 1. The van der Waals surface area contributed by atoms with Crippen LogP contribution in [0, 0.1) is 18.3 Å². The standard InChI is InChI=1S/C16H14N2O3S2/c1-10-3-4-13(23-10)5-6-14(19)21-11(2)15(20)18-16-12(9-17)7-8-22-16/h3-8,11H,1-2H3,(H,18,20)/b6-5+/t11-/m0/s1. The number of hydrogen-bond donors (Lipinski definition) is 1. The molecule has 0 aliphatic heterocycles. The summed E-state index contributed by atoms with van der Waals surface area (Å²) in [6, 6.07) is 7.45. The van der Waals surface area contributed by atoms with Gasteiger partial charge >= 0.3 is 5.97 Å². The zero-order chi connectivity index (χ0) is 16.8. The average Bonchev–Trinajstić information content (AvgIpc) is 3.13. The fourth-order valence-electron chi connectivity index (χ4n) is 1.67. The van der Waals surface area contributed by atoms with E-state index in [0.717, 1.165) is 9.75 Å². The number of thiophene rings is 2. The molecule has 0 fully saturated rings. The van der Waals surface area contributed by atoms with Crippen molar-refractivity contribution in [2.45, 2.75) is 20.0 Å². The Morgan fingerprint density at radius 1 is 1.39 bits per heavy atom.